The molecule has 0 amide bonds. The van der Waals surface area contributed by atoms with Crippen LogP contribution in [-0.4, -0.2) is 11.1 Å². The first-order chi connectivity index (χ1) is 6.52. The first-order valence-electron chi connectivity index (χ1n) is 3.88. The van der Waals surface area contributed by atoms with Crippen molar-refractivity contribution in [2.75, 3.05) is 0 Å². The van der Waals surface area contributed by atoms with Crippen molar-refractivity contribution >= 4 is 12.0 Å². The van der Waals surface area contributed by atoms with Crippen LogP contribution in [-0.2, 0) is 4.79 Å². The number of aliphatic carboxylic acids is 1. The zero-order chi connectivity index (χ0) is 10.7. The minimum absolute atomic E-state index is 0.117. The third-order valence-electron chi connectivity index (χ3n) is 1.70. The smallest absolute Gasteiger partial charge is 0.331 e. The lowest BCUT2D eigenvalue weighted by molar-refractivity contribution is -0.132. The van der Waals surface area contributed by atoms with E-state index in [4.69, 9.17) is 5.11 Å². The van der Waals surface area contributed by atoms with Crippen molar-refractivity contribution < 1.29 is 18.7 Å². The van der Waals surface area contributed by atoms with Gasteiger partial charge in [-0.25, -0.2) is 13.6 Å². The molecule has 0 spiro atoms. The number of carbonyl (C=O) groups is 1. The van der Waals surface area contributed by atoms with Crippen LogP contribution in [0.4, 0.5) is 8.78 Å². The predicted molar refractivity (Wildman–Crippen MR) is 47.6 cm³/mol. The topological polar surface area (TPSA) is 37.3 Å². The molecule has 0 saturated heterocycles. The van der Waals surface area contributed by atoms with Gasteiger partial charge < -0.3 is 5.11 Å². The molecule has 1 N–H and O–H groups in total. The Morgan fingerprint density at radius 3 is 2.29 bits per heavy atom. The summed E-state index contributed by atoms with van der Waals surface area (Å²) in [6.07, 6.45) is 0.965. The van der Waals surface area contributed by atoms with Crippen LogP contribution in [0.2, 0.25) is 0 Å². The van der Waals surface area contributed by atoms with Gasteiger partial charge >= 0.3 is 5.97 Å². The van der Waals surface area contributed by atoms with Gasteiger partial charge in [-0.3, -0.25) is 0 Å². The van der Waals surface area contributed by atoms with Crippen LogP contribution in [0.15, 0.2) is 23.8 Å². The normalized spacial score (nSPS) is 11.5. The summed E-state index contributed by atoms with van der Waals surface area (Å²) >= 11 is 0. The standard InChI is InChI=1S/C10H8F2O2/c1-6(10(13)14)5-7-8(11)3-2-4-9(7)12/h2-5H,1H3,(H,13,14). The zero-order valence-electron chi connectivity index (χ0n) is 7.42. The highest BCUT2D eigenvalue weighted by molar-refractivity contribution is 5.91. The van der Waals surface area contributed by atoms with Crippen LogP contribution >= 0.6 is 0 Å². The number of hydrogen-bond acceptors (Lipinski definition) is 1. The molecular weight excluding hydrogens is 190 g/mol. The van der Waals surface area contributed by atoms with Crippen molar-refractivity contribution in [3.05, 3.63) is 41.0 Å². The summed E-state index contributed by atoms with van der Waals surface area (Å²) in [5.74, 6) is -2.75. The molecule has 0 saturated carbocycles. The number of halogens is 2. The maximum absolute atomic E-state index is 13.0. The molecule has 0 bridgehead atoms. The third-order valence-corrected chi connectivity index (χ3v) is 1.70. The minimum atomic E-state index is -1.20. The van der Waals surface area contributed by atoms with Gasteiger partial charge in [0.05, 0.1) is 0 Å². The lowest BCUT2D eigenvalue weighted by Crippen LogP contribution is -1.97. The van der Waals surface area contributed by atoms with Gasteiger partial charge in [0, 0.05) is 11.1 Å². The van der Waals surface area contributed by atoms with E-state index in [1.54, 1.807) is 0 Å². The summed E-state index contributed by atoms with van der Waals surface area (Å²) in [6, 6.07) is 3.37. The van der Waals surface area contributed by atoms with Gasteiger partial charge in [-0.2, -0.15) is 0 Å². The van der Waals surface area contributed by atoms with Crippen LogP contribution in [0.25, 0.3) is 6.08 Å². The largest absolute Gasteiger partial charge is 0.478 e. The van der Waals surface area contributed by atoms with Crippen LogP contribution < -0.4 is 0 Å². The third kappa shape index (κ3) is 2.16. The van der Waals surface area contributed by atoms with E-state index in [1.165, 1.54) is 13.0 Å². The molecule has 0 unspecified atom stereocenters. The van der Waals surface area contributed by atoms with Crippen LogP contribution in [0, 0.1) is 11.6 Å². The number of rotatable bonds is 2. The van der Waals surface area contributed by atoms with E-state index < -0.39 is 17.6 Å². The van der Waals surface area contributed by atoms with Gasteiger partial charge in [0.25, 0.3) is 0 Å². The minimum Gasteiger partial charge on any atom is -0.478 e. The van der Waals surface area contributed by atoms with Crippen molar-refractivity contribution in [1.82, 2.24) is 0 Å². The fourth-order valence-corrected chi connectivity index (χ4v) is 0.927. The molecular formula is C10H8F2O2. The van der Waals surface area contributed by atoms with Gasteiger partial charge in [0.15, 0.2) is 0 Å². The Kier molecular flexibility index (Phi) is 2.96. The summed E-state index contributed by atoms with van der Waals surface area (Å²) in [4.78, 5) is 10.4. The van der Waals surface area contributed by atoms with Gasteiger partial charge in [-0.1, -0.05) is 6.07 Å². The second-order valence-electron chi connectivity index (χ2n) is 2.77. The van der Waals surface area contributed by atoms with Crippen molar-refractivity contribution in [2.24, 2.45) is 0 Å². The molecule has 4 heteroatoms. The average molecular weight is 198 g/mol. The lowest BCUT2D eigenvalue weighted by atomic mass is 10.1. The van der Waals surface area contributed by atoms with Crippen LogP contribution in [0.5, 0.6) is 0 Å². The Morgan fingerprint density at radius 1 is 1.36 bits per heavy atom. The Morgan fingerprint density at radius 2 is 1.86 bits per heavy atom. The highest BCUT2D eigenvalue weighted by atomic mass is 19.1. The van der Waals surface area contributed by atoms with E-state index >= 15 is 0 Å². The highest BCUT2D eigenvalue weighted by Crippen LogP contribution is 2.15. The summed E-state index contributed by atoms with van der Waals surface area (Å²) in [5, 5.41) is 8.51. The van der Waals surface area contributed by atoms with E-state index in [9.17, 15) is 13.6 Å². The number of carboxylic acid groups (broad SMARTS) is 1. The number of hydrogen-bond donors (Lipinski definition) is 1. The van der Waals surface area contributed by atoms with E-state index in [2.05, 4.69) is 0 Å². The molecule has 0 aliphatic carbocycles. The molecule has 74 valence electrons. The fourth-order valence-electron chi connectivity index (χ4n) is 0.927. The van der Waals surface area contributed by atoms with Crippen LogP contribution in [0.3, 0.4) is 0 Å². The van der Waals surface area contributed by atoms with E-state index in [1.807, 2.05) is 0 Å². The second kappa shape index (κ2) is 4.00. The molecule has 0 heterocycles. The predicted octanol–water partition coefficient (Wildman–Crippen LogP) is 2.45. The number of carboxylic acids is 1. The molecule has 2 nitrogen and oxygen atoms in total. The van der Waals surface area contributed by atoms with Gasteiger partial charge in [-0.05, 0) is 25.1 Å². The maximum atomic E-state index is 13.0. The molecule has 1 aromatic rings. The number of benzene rings is 1. The van der Waals surface area contributed by atoms with E-state index in [0.717, 1.165) is 18.2 Å². The van der Waals surface area contributed by atoms with Gasteiger partial charge in [0.1, 0.15) is 11.6 Å². The Balaban J connectivity index is 3.20. The zero-order valence-corrected chi connectivity index (χ0v) is 7.42. The van der Waals surface area contributed by atoms with Gasteiger partial charge in [0.2, 0.25) is 0 Å². The summed E-state index contributed by atoms with van der Waals surface area (Å²) in [7, 11) is 0. The first kappa shape index (κ1) is 10.4. The van der Waals surface area contributed by atoms with Crippen LogP contribution in [0.1, 0.15) is 12.5 Å². The Hall–Kier alpha value is -1.71. The maximum Gasteiger partial charge on any atom is 0.331 e. The summed E-state index contributed by atoms with van der Waals surface area (Å²) < 4.78 is 26.0. The van der Waals surface area contributed by atoms with Gasteiger partial charge in [-0.15, -0.1) is 0 Å². The van der Waals surface area contributed by atoms with Crippen molar-refractivity contribution in [2.45, 2.75) is 6.92 Å². The molecule has 0 aliphatic rings. The monoisotopic (exact) mass is 198 g/mol. The summed E-state index contributed by atoms with van der Waals surface area (Å²) in [6.45, 7) is 1.27. The average Bonchev–Trinajstić information content (AvgIpc) is 2.11. The molecule has 0 atom stereocenters. The molecule has 0 fully saturated rings. The molecule has 1 aromatic carbocycles. The lowest BCUT2D eigenvalue weighted by Gasteiger charge is -1.99. The molecule has 0 aromatic heterocycles. The van der Waals surface area contributed by atoms with E-state index in [0.29, 0.717) is 0 Å². The molecule has 14 heavy (non-hydrogen) atoms. The molecule has 0 radical (unpaired) electrons. The fraction of sp³-hybridized carbons (Fsp3) is 0.100. The SMILES string of the molecule is CC(=Cc1c(F)cccc1F)C(=O)O. The molecule has 0 aliphatic heterocycles. The first-order valence-corrected chi connectivity index (χ1v) is 3.88. The Bertz CT molecular complexity index is 377. The van der Waals surface area contributed by atoms with Crippen molar-refractivity contribution in [3.8, 4) is 0 Å². The Labute approximate surface area is 79.5 Å². The second-order valence-corrected chi connectivity index (χ2v) is 2.77. The summed E-state index contributed by atoms with van der Waals surface area (Å²) in [5.41, 5.74) is -0.443. The quantitative estimate of drug-likeness (QED) is 0.741. The van der Waals surface area contributed by atoms with Crippen molar-refractivity contribution in [3.63, 3.8) is 0 Å². The van der Waals surface area contributed by atoms with E-state index in [-0.39, 0.29) is 11.1 Å². The molecule has 1 rings (SSSR count). The van der Waals surface area contributed by atoms with Crippen molar-refractivity contribution in [1.29, 1.82) is 0 Å². The highest BCUT2D eigenvalue weighted by Gasteiger charge is 2.08.